The molecule has 3 atom stereocenters. The van der Waals surface area contributed by atoms with E-state index in [1.807, 2.05) is 39.0 Å². The van der Waals surface area contributed by atoms with E-state index < -0.39 is 0 Å². The molecule has 3 unspecified atom stereocenters. The van der Waals surface area contributed by atoms with Crippen LogP contribution in [-0.2, 0) is 4.79 Å². The first-order valence-corrected chi connectivity index (χ1v) is 7.68. The van der Waals surface area contributed by atoms with Gasteiger partial charge >= 0.3 is 0 Å². The van der Waals surface area contributed by atoms with Gasteiger partial charge in [0.25, 0.3) is 0 Å². The number of nitrogens with one attached hydrogen (secondary N) is 1. The van der Waals surface area contributed by atoms with E-state index in [4.69, 9.17) is 0 Å². The average molecular weight is 290 g/mol. The molecule has 21 heavy (non-hydrogen) atoms. The van der Waals surface area contributed by atoms with Gasteiger partial charge in [0, 0.05) is 12.2 Å². The fraction of sp³-hybridized carbons (Fsp3) is 0.588. The van der Waals surface area contributed by atoms with E-state index in [0.29, 0.717) is 0 Å². The summed E-state index contributed by atoms with van der Waals surface area (Å²) in [5, 5.41) is 12.6. The van der Waals surface area contributed by atoms with E-state index in [-0.39, 0.29) is 24.0 Å². The molecule has 2 N–H and O–H groups in total. The quantitative estimate of drug-likeness (QED) is 0.895. The lowest BCUT2D eigenvalue weighted by Crippen LogP contribution is -2.41. The molecule has 1 fully saturated rings. The normalized spacial score (nSPS) is 22.0. The number of carbonyl (C=O) groups is 1. The van der Waals surface area contributed by atoms with Gasteiger partial charge in [0.15, 0.2) is 0 Å². The largest absolute Gasteiger partial charge is 0.393 e. The van der Waals surface area contributed by atoms with Gasteiger partial charge in [-0.15, -0.1) is 0 Å². The number of carbonyl (C=O) groups excluding carboxylic acids is 1. The zero-order chi connectivity index (χ0) is 15.6. The third-order valence-corrected chi connectivity index (χ3v) is 4.64. The Balaban J connectivity index is 1.95. The molecule has 1 saturated heterocycles. The standard InChI is InChI=1S/C17H26N2O2/c1-11-5-6-16(9-12(11)2)18-17(21)13(3)19-8-7-15(10-19)14(4)20/h5-6,9,13-15,20H,7-8,10H2,1-4H3,(H,18,21). The maximum absolute atomic E-state index is 12.4. The molecule has 0 radical (unpaired) electrons. The summed E-state index contributed by atoms with van der Waals surface area (Å²) < 4.78 is 0. The van der Waals surface area contributed by atoms with E-state index in [0.717, 1.165) is 25.2 Å². The molecule has 116 valence electrons. The minimum Gasteiger partial charge on any atom is -0.393 e. The summed E-state index contributed by atoms with van der Waals surface area (Å²) in [6, 6.07) is 5.79. The number of aryl methyl sites for hydroxylation is 2. The monoisotopic (exact) mass is 290 g/mol. The summed E-state index contributed by atoms with van der Waals surface area (Å²) in [6.45, 7) is 9.52. The molecular weight excluding hydrogens is 264 g/mol. The van der Waals surface area contributed by atoms with Gasteiger partial charge in [-0.25, -0.2) is 0 Å². The summed E-state index contributed by atoms with van der Waals surface area (Å²) in [7, 11) is 0. The Morgan fingerprint density at radius 2 is 2.05 bits per heavy atom. The Morgan fingerprint density at radius 1 is 1.33 bits per heavy atom. The van der Waals surface area contributed by atoms with Crippen LogP contribution < -0.4 is 5.32 Å². The molecular formula is C17H26N2O2. The van der Waals surface area contributed by atoms with Crippen LogP contribution in [0.4, 0.5) is 5.69 Å². The van der Waals surface area contributed by atoms with Crippen LogP contribution in [0.15, 0.2) is 18.2 Å². The molecule has 0 spiro atoms. The van der Waals surface area contributed by atoms with Gasteiger partial charge in [0.1, 0.15) is 0 Å². The van der Waals surface area contributed by atoms with Gasteiger partial charge in [-0.3, -0.25) is 9.69 Å². The van der Waals surface area contributed by atoms with Crippen LogP contribution in [0.2, 0.25) is 0 Å². The van der Waals surface area contributed by atoms with Crippen molar-refractivity contribution >= 4 is 11.6 Å². The number of anilines is 1. The van der Waals surface area contributed by atoms with E-state index in [1.54, 1.807) is 0 Å². The van der Waals surface area contributed by atoms with E-state index in [9.17, 15) is 9.90 Å². The molecule has 1 heterocycles. The maximum Gasteiger partial charge on any atom is 0.241 e. The highest BCUT2D eigenvalue weighted by atomic mass is 16.3. The van der Waals surface area contributed by atoms with Crippen LogP contribution >= 0.6 is 0 Å². The first-order valence-electron chi connectivity index (χ1n) is 7.68. The molecule has 0 aromatic heterocycles. The fourth-order valence-electron chi connectivity index (χ4n) is 2.79. The van der Waals surface area contributed by atoms with Crippen molar-refractivity contribution in [2.24, 2.45) is 5.92 Å². The van der Waals surface area contributed by atoms with Crippen molar-refractivity contribution in [1.29, 1.82) is 0 Å². The Hall–Kier alpha value is -1.39. The lowest BCUT2D eigenvalue weighted by Gasteiger charge is -2.24. The zero-order valence-electron chi connectivity index (χ0n) is 13.4. The van der Waals surface area contributed by atoms with Crippen LogP contribution in [0, 0.1) is 19.8 Å². The minimum absolute atomic E-state index is 0.0181. The first-order chi connectivity index (χ1) is 9.88. The van der Waals surface area contributed by atoms with Gasteiger partial charge in [-0.1, -0.05) is 6.07 Å². The number of rotatable bonds is 4. The van der Waals surface area contributed by atoms with Crippen molar-refractivity contribution in [3.05, 3.63) is 29.3 Å². The summed E-state index contributed by atoms with van der Waals surface area (Å²) in [5.74, 6) is 0.298. The number of benzene rings is 1. The molecule has 1 aromatic carbocycles. The lowest BCUT2D eigenvalue weighted by atomic mass is 10.0. The van der Waals surface area contributed by atoms with Crippen molar-refractivity contribution in [3.63, 3.8) is 0 Å². The second kappa shape index (κ2) is 6.58. The third-order valence-electron chi connectivity index (χ3n) is 4.64. The highest BCUT2D eigenvalue weighted by Gasteiger charge is 2.31. The molecule has 1 amide bonds. The molecule has 4 heteroatoms. The van der Waals surface area contributed by atoms with Crippen molar-refractivity contribution in [3.8, 4) is 0 Å². The number of hydrogen-bond donors (Lipinski definition) is 2. The molecule has 0 aliphatic carbocycles. The summed E-state index contributed by atoms with van der Waals surface area (Å²) in [6.07, 6.45) is 0.656. The van der Waals surface area contributed by atoms with Crippen LogP contribution in [0.3, 0.4) is 0 Å². The molecule has 0 saturated carbocycles. The SMILES string of the molecule is Cc1ccc(NC(=O)C(C)N2CCC(C(C)O)C2)cc1C. The minimum atomic E-state index is -0.301. The second-order valence-corrected chi connectivity index (χ2v) is 6.25. The van der Waals surface area contributed by atoms with Gasteiger partial charge in [-0.2, -0.15) is 0 Å². The second-order valence-electron chi connectivity index (χ2n) is 6.25. The molecule has 1 aliphatic heterocycles. The Bertz CT molecular complexity index is 514. The van der Waals surface area contributed by atoms with Crippen molar-refractivity contribution in [1.82, 2.24) is 4.90 Å². The predicted molar refractivity (Wildman–Crippen MR) is 85.4 cm³/mol. The number of nitrogens with zero attached hydrogens (tertiary/aromatic N) is 1. The van der Waals surface area contributed by atoms with Gasteiger partial charge < -0.3 is 10.4 Å². The first kappa shape index (κ1) is 16.0. The maximum atomic E-state index is 12.4. The fourth-order valence-corrected chi connectivity index (χ4v) is 2.79. The highest BCUT2D eigenvalue weighted by molar-refractivity contribution is 5.94. The average Bonchev–Trinajstić information content (AvgIpc) is 2.92. The molecule has 1 aromatic rings. The number of aliphatic hydroxyl groups is 1. The molecule has 0 bridgehead atoms. The third kappa shape index (κ3) is 3.83. The van der Waals surface area contributed by atoms with E-state index >= 15 is 0 Å². The molecule has 2 rings (SSSR count). The highest BCUT2D eigenvalue weighted by Crippen LogP contribution is 2.22. The van der Waals surface area contributed by atoms with Gasteiger partial charge in [0.2, 0.25) is 5.91 Å². The number of likely N-dealkylation sites (tertiary alicyclic amines) is 1. The van der Waals surface area contributed by atoms with Crippen LogP contribution in [0.1, 0.15) is 31.4 Å². The summed E-state index contributed by atoms with van der Waals surface area (Å²) >= 11 is 0. The van der Waals surface area contributed by atoms with Gasteiger partial charge in [0.05, 0.1) is 12.1 Å². The summed E-state index contributed by atoms with van der Waals surface area (Å²) in [5.41, 5.74) is 3.25. The number of aliphatic hydroxyl groups excluding tert-OH is 1. The number of hydrogen-bond acceptors (Lipinski definition) is 3. The Kier molecular flexibility index (Phi) is 5.01. The Labute approximate surface area is 127 Å². The smallest absolute Gasteiger partial charge is 0.241 e. The van der Waals surface area contributed by atoms with E-state index in [1.165, 1.54) is 11.1 Å². The topological polar surface area (TPSA) is 52.6 Å². The van der Waals surface area contributed by atoms with Crippen molar-refractivity contribution in [2.45, 2.75) is 46.3 Å². The number of amides is 1. The van der Waals surface area contributed by atoms with Crippen LogP contribution in [-0.4, -0.2) is 41.1 Å². The molecule has 4 nitrogen and oxygen atoms in total. The Morgan fingerprint density at radius 3 is 2.62 bits per heavy atom. The lowest BCUT2D eigenvalue weighted by molar-refractivity contribution is -0.120. The van der Waals surface area contributed by atoms with Gasteiger partial charge in [-0.05, 0) is 69.8 Å². The van der Waals surface area contributed by atoms with Crippen molar-refractivity contribution < 1.29 is 9.90 Å². The molecule has 1 aliphatic rings. The summed E-state index contributed by atoms with van der Waals surface area (Å²) in [4.78, 5) is 14.5. The zero-order valence-corrected chi connectivity index (χ0v) is 13.4. The van der Waals surface area contributed by atoms with Crippen LogP contribution in [0.5, 0.6) is 0 Å². The predicted octanol–water partition coefficient (Wildman–Crippen LogP) is 2.33. The van der Waals surface area contributed by atoms with Crippen molar-refractivity contribution in [2.75, 3.05) is 18.4 Å². The van der Waals surface area contributed by atoms with E-state index in [2.05, 4.69) is 17.1 Å². The van der Waals surface area contributed by atoms with Crippen LogP contribution in [0.25, 0.3) is 0 Å².